The Labute approximate surface area is 221 Å². The highest BCUT2D eigenvalue weighted by atomic mass is 35.5. The van der Waals surface area contributed by atoms with Crippen LogP contribution in [0.4, 0.5) is 5.69 Å². The van der Waals surface area contributed by atoms with Crippen LogP contribution in [0.5, 0.6) is 0 Å². The standard InChI is InChI=1S/C28H24N4O2.2ClH/c33-28(25-8-3-6-20-5-1-2-7-24(20)25)32-13-12-31(18-23-16-29-19-30-23)26-11-10-21(15-22(26)17-32)27-9-4-14-34-27;;/h1-11,14-16,19H,12-13,17-18H2,(H,29,30);2*1H. The van der Waals surface area contributed by atoms with E-state index in [2.05, 4.69) is 33.1 Å². The van der Waals surface area contributed by atoms with Crippen molar-refractivity contribution in [2.24, 2.45) is 0 Å². The van der Waals surface area contributed by atoms with Crippen molar-refractivity contribution >= 4 is 47.2 Å². The number of aromatic nitrogens is 2. The predicted molar refractivity (Wildman–Crippen MR) is 147 cm³/mol. The lowest BCUT2D eigenvalue weighted by molar-refractivity contribution is 0.0753. The van der Waals surface area contributed by atoms with Crippen LogP contribution in [0.3, 0.4) is 0 Å². The number of carbonyl (C=O) groups is 1. The highest BCUT2D eigenvalue weighted by Gasteiger charge is 2.25. The molecule has 6 nitrogen and oxygen atoms in total. The number of amides is 1. The van der Waals surface area contributed by atoms with E-state index in [-0.39, 0.29) is 30.7 Å². The first-order valence-electron chi connectivity index (χ1n) is 11.4. The summed E-state index contributed by atoms with van der Waals surface area (Å²) in [4.78, 5) is 25.4. The van der Waals surface area contributed by atoms with Gasteiger partial charge in [-0.15, -0.1) is 24.8 Å². The van der Waals surface area contributed by atoms with E-state index in [1.165, 1.54) is 0 Å². The Hall–Kier alpha value is -3.74. The molecule has 184 valence electrons. The number of hydrogen-bond donors (Lipinski definition) is 1. The van der Waals surface area contributed by atoms with Gasteiger partial charge in [-0.25, -0.2) is 4.98 Å². The molecule has 6 rings (SSSR count). The number of anilines is 1. The van der Waals surface area contributed by atoms with Crippen LogP contribution in [0.1, 0.15) is 21.6 Å². The molecule has 2 aromatic heterocycles. The molecule has 0 saturated heterocycles. The third-order valence-corrected chi connectivity index (χ3v) is 6.45. The van der Waals surface area contributed by atoms with Gasteiger partial charge in [0.05, 0.1) is 24.8 Å². The fraction of sp³-hybridized carbons (Fsp3) is 0.143. The highest BCUT2D eigenvalue weighted by Crippen LogP contribution is 2.32. The van der Waals surface area contributed by atoms with Gasteiger partial charge >= 0.3 is 0 Å². The summed E-state index contributed by atoms with van der Waals surface area (Å²) in [7, 11) is 0. The Morgan fingerprint density at radius 2 is 1.83 bits per heavy atom. The number of benzene rings is 3. The molecule has 36 heavy (non-hydrogen) atoms. The number of furan rings is 1. The number of imidazole rings is 1. The van der Waals surface area contributed by atoms with E-state index in [1.807, 2.05) is 65.7 Å². The molecule has 0 unspecified atom stereocenters. The van der Waals surface area contributed by atoms with Crippen LogP contribution < -0.4 is 4.90 Å². The minimum absolute atomic E-state index is 0. The molecular formula is C28H26Cl2N4O2. The van der Waals surface area contributed by atoms with Crippen LogP contribution in [0, 0.1) is 0 Å². The molecule has 1 aliphatic heterocycles. The molecule has 0 radical (unpaired) electrons. The van der Waals surface area contributed by atoms with Crippen molar-refractivity contribution in [2.45, 2.75) is 13.1 Å². The lowest BCUT2D eigenvalue weighted by Crippen LogP contribution is -2.35. The topological polar surface area (TPSA) is 65.4 Å². The second kappa shape index (κ2) is 10.9. The van der Waals surface area contributed by atoms with Crippen LogP contribution in [0.25, 0.3) is 22.1 Å². The van der Waals surface area contributed by atoms with Gasteiger partial charge in [0.2, 0.25) is 0 Å². The predicted octanol–water partition coefficient (Wildman–Crippen LogP) is 6.33. The maximum Gasteiger partial charge on any atom is 0.254 e. The number of fused-ring (bicyclic) bond motifs is 2. The first-order chi connectivity index (χ1) is 16.8. The third kappa shape index (κ3) is 4.83. The zero-order chi connectivity index (χ0) is 22.9. The van der Waals surface area contributed by atoms with Crippen molar-refractivity contribution in [3.63, 3.8) is 0 Å². The first kappa shape index (κ1) is 25.4. The Balaban J connectivity index is 0.00000152. The second-order valence-electron chi connectivity index (χ2n) is 8.57. The maximum absolute atomic E-state index is 13.8. The van der Waals surface area contributed by atoms with Gasteiger partial charge in [-0.05, 0) is 52.7 Å². The van der Waals surface area contributed by atoms with E-state index < -0.39 is 0 Å². The van der Waals surface area contributed by atoms with Gasteiger partial charge in [-0.2, -0.15) is 0 Å². The largest absolute Gasteiger partial charge is 0.464 e. The van der Waals surface area contributed by atoms with E-state index in [0.29, 0.717) is 19.6 Å². The zero-order valence-electron chi connectivity index (χ0n) is 19.5. The van der Waals surface area contributed by atoms with E-state index >= 15 is 0 Å². The number of carbonyl (C=O) groups excluding carboxylic acids is 1. The van der Waals surface area contributed by atoms with Crippen molar-refractivity contribution in [1.82, 2.24) is 14.9 Å². The van der Waals surface area contributed by atoms with Crippen molar-refractivity contribution in [2.75, 3.05) is 18.0 Å². The van der Waals surface area contributed by atoms with Gasteiger partial charge in [0.15, 0.2) is 0 Å². The highest BCUT2D eigenvalue weighted by molar-refractivity contribution is 6.07. The quantitative estimate of drug-likeness (QED) is 0.300. The molecule has 3 aromatic carbocycles. The van der Waals surface area contributed by atoms with Crippen molar-refractivity contribution in [1.29, 1.82) is 0 Å². The zero-order valence-corrected chi connectivity index (χ0v) is 21.1. The van der Waals surface area contributed by atoms with Gasteiger partial charge in [0.25, 0.3) is 5.91 Å². The summed E-state index contributed by atoms with van der Waals surface area (Å²) in [5.41, 5.74) is 5.00. The number of nitrogens with one attached hydrogen (secondary N) is 1. The van der Waals surface area contributed by atoms with Crippen LogP contribution in [-0.4, -0.2) is 33.9 Å². The molecule has 0 bridgehead atoms. The molecule has 0 atom stereocenters. The van der Waals surface area contributed by atoms with Crippen LogP contribution in [-0.2, 0) is 13.1 Å². The van der Waals surface area contributed by atoms with Gasteiger partial charge in [-0.3, -0.25) is 4.79 Å². The SMILES string of the molecule is Cl.Cl.O=C(c1cccc2ccccc12)N1CCN(Cc2cnc[nH]2)c2ccc(-c3ccco3)cc2C1. The number of aromatic amines is 1. The minimum Gasteiger partial charge on any atom is -0.464 e. The molecule has 0 aliphatic carbocycles. The minimum atomic E-state index is 0. The van der Waals surface area contributed by atoms with Crippen molar-refractivity contribution < 1.29 is 9.21 Å². The van der Waals surface area contributed by atoms with E-state index in [4.69, 9.17) is 4.42 Å². The second-order valence-corrected chi connectivity index (χ2v) is 8.57. The van der Waals surface area contributed by atoms with E-state index in [9.17, 15) is 4.79 Å². The summed E-state index contributed by atoms with van der Waals surface area (Å²) in [5, 5.41) is 2.06. The van der Waals surface area contributed by atoms with Crippen LogP contribution in [0.15, 0.2) is 96.0 Å². The number of hydrogen-bond acceptors (Lipinski definition) is 4. The molecule has 1 amide bonds. The third-order valence-electron chi connectivity index (χ3n) is 6.45. The lowest BCUT2D eigenvalue weighted by Gasteiger charge is -2.24. The fourth-order valence-electron chi connectivity index (χ4n) is 4.76. The Morgan fingerprint density at radius 1 is 0.972 bits per heavy atom. The van der Waals surface area contributed by atoms with Crippen molar-refractivity contribution in [3.05, 3.63) is 108 Å². The molecule has 1 N–H and O–H groups in total. The smallest absolute Gasteiger partial charge is 0.254 e. The molecule has 3 heterocycles. The summed E-state index contributed by atoms with van der Waals surface area (Å²) in [6, 6.07) is 24.2. The number of nitrogens with zero attached hydrogens (tertiary/aromatic N) is 3. The number of halogens is 2. The molecular weight excluding hydrogens is 495 g/mol. The van der Waals surface area contributed by atoms with Gasteiger partial charge in [0.1, 0.15) is 5.76 Å². The molecule has 0 fully saturated rings. The summed E-state index contributed by atoms with van der Waals surface area (Å²) in [6.45, 7) is 2.58. The van der Waals surface area contributed by atoms with Gasteiger partial charge < -0.3 is 19.2 Å². The number of rotatable bonds is 4. The monoisotopic (exact) mass is 520 g/mol. The summed E-state index contributed by atoms with van der Waals surface area (Å²) in [6.07, 6.45) is 5.23. The van der Waals surface area contributed by atoms with Gasteiger partial charge in [-0.1, -0.05) is 36.4 Å². The maximum atomic E-state index is 13.8. The fourth-order valence-corrected chi connectivity index (χ4v) is 4.76. The normalized spacial score (nSPS) is 12.9. The summed E-state index contributed by atoms with van der Waals surface area (Å²) in [5.74, 6) is 0.869. The first-order valence-corrected chi connectivity index (χ1v) is 11.4. The average molecular weight is 521 g/mol. The summed E-state index contributed by atoms with van der Waals surface area (Å²) < 4.78 is 5.64. The number of H-pyrrole nitrogens is 1. The van der Waals surface area contributed by atoms with Crippen molar-refractivity contribution in [3.8, 4) is 11.3 Å². The van der Waals surface area contributed by atoms with E-state index in [1.54, 1.807) is 12.6 Å². The molecule has 5 aromatic rings. The van der Waals surface area contributed by atoms with Gasteiger partial charge in [0, 0.05) is 42.6 Å². The molecule has 1 aliphatic rings. The molecule has 0 saturated carbocycles. The van der Waals surface area contributed by atoms with Crippen LogP contribution in [0.2, 0.25) is 0 Å². The average Bonchev–Trinajstić information content (AvgIpc) is 3.57. The lowest BCUT2D eigenvalue weighted by atomic mass is 10.0. The molecule has 8 heteroatoms. The Morgan fingerprint density at radius 3 is 2.64 bits per heavy atom. The van der Waals surface area contributed by atoms with E-state index in [0.717, 1.165) is 51.1 Å². The Kier molecular flexibility index (Phi) is 7.67. The molecule has 0 spiro atoms. The van der Waals surface area contributed by atoms with Crippen LogP contribution >= 0.6 is 24.8 Å². The summed E-state index contributed by atoms with van der Waals surface area (Å²) >= 11 is 0. The Bertz CT molecular complexity index is 1450.